The van der Waals surface area contributed by atoms with Gasteiger partial charge in [-0.05, 0) is 74.8 Å². The number of benzene rings is 3. The van der Waals surface area contributed by atoms with E-state index in [0.29, 0.717) is 24.5 Å². The summed E-state index contributed by atoms with van der Waals surface area (Å²) in [6.07, 6.45) is 1.41. The number of anilines is 1. The number of ketones is 1. The van der Waals surface area contributed by atoms with Crippen LogP contribution in [0.15, 0.2) is 58.6 Å². The van der Waals surface area contributed by atoms with E-state index in [0.717, 1.165) is 38.9 Å². The first-order chi connectivity index (χ1) is 15.8. The van der Waals surface area contributed by atoms with Gasteiger partial charge in [-0.2, -0.15) is 0 Å². The molecule has 3 aromatic rings. The second kappa shape index (κ2) is 8.21. The van der Waals surface area contributed by atoms with Crippen LogP contribution in [0.3, 0.4) is 0 Å². The lowest BCUT2D eigenvalue weighted by atomic mass is 9.68. The topological polar surface area (TPSA) is 47.6 Å². The van der Waals surface area contributed by atoms with Gasteiger partial charge in [0.2, 0.25) is 0 Å². The minimum atomic E-state index is -0.251. The van der Waals surface area contributed by atoms with Gasteiger partial charge in [0.15, 0.2) is 17.3 Å². The zero-order valence-corrected chi connectivity index (χ0v) is 21.0. The number of allylic oxidation sites excluding steroid dienone is 1. The van der Waals surface area contributed by atoms with E-state index < -0.39 is 0 Å². The number of carbonyl (C=O) groups is 1. The summed E-state index contributed by atoms with van der Waals surface area (Å²) in [5, 5.41) is 6.07. The first-order valence-electron chi connectivity index (χ1n) is 11.4. The molecule has 0 aromatic heterocycles. The Morgan fingerprint density at radius 2 is 1.91 bits per heavy atom. The fourth-order valence-corrected chi connectivity index (χ4v) is 5.92. The van der Waals surface area contributed by atoms with Crippen molar-refractivity contribution in [2.75, 3.05) is 19.0 Å². The monoisotopic (exact) mass is 505 g/mol. The van der Waals surface area contributed by atoms with Crippen molar-refractivity contribution in [1.82, 2.24) is 0 Å². The highest BCUT2D eigenvalue weighted by Gasteiger charge is 2.41. The summed E-state index contributed by atoms with van der Waals surface area (Å²) >= 11 is 3.65. The third kappa shape index (κ3) is 3.72. The van der Waals surface area contributed by atoms with Crippen LogP contribution in [0, 0.1) is 5.41 Å². The fraction of sp³-hybridized carbons (Fsp3) is 0.321. The van der Waals surface area contributed by atoms with E-state index in [-0.39, 0.29) is 17.2 Å². The molecule has 5 heteroatoms. The van der Waals surface area contributed by atoms with Gasteiger partial charge in [0, 0.05) is 23.2 Å². The molecule has 0 unspecified atom stereocenters. The number of hydrogen-bond donors (Lipinski definition) is 1. The van der Waals surface area contributed by atoms with Crippen molar-refractivity contribution in [3.05, 3.63) is 69.7 Å². The number of carbonyl (C=O) groups excluding carboxylic acids is 1. The van der Waals surface area contributed by atoms with E-state index in [1.54, 1.807) is 7.11 Å². The minimum Gasteiger partial charge on any atom is -0.492 e. The van der Waals surface area contributed by atoms with Crippen LogP contribution < -0.4 is 14.8 Å². The number of rotatable bonds is 4. The molecule has 33 heavy (non-hydrogen) atoms. The minimum absolute atomic E-state index is 0.0804. The molecule has 3 aromatic carbocycles. The molecule has 170 valence electrons. The SMILES string of the molecule is CCOc1cc([C@@H]2Nc3ccc4ccccc4c3C3=C2C(=O)CC(C)(C)C3)cc(Br)c1OC. The van der Waals surface area contributed by atoms with E-state index in [2.05, 4.69) is 71.5 Å². The number of Topliss-reactive ketones (excluding diaryl/α,β-unsaturated/α-hetero) is 1. The predicted molar refractivity (Wildman–Crippen MR) is 137 cm³/mol. The molecular formula is C28H28BrNO3. The summed E-state index contributed by atoms with van der Waals surface area (Å²) in [6.45, 7) is 6.86. The molecule has 0 amide bonds. The normalized spacial score (nSPS) is 19.1. The Morgan fingerprint density at radius 3 is 2.67 bits per heavy atom. The largest absolute Gasteiger partial charge is 0.492 e. The van der Waals surface area contributed by atoms with Crippen LogP contribution in [0.5, 0.6) is 11.5 Å². The standard InChI is InChI=1S/C28H28BrNO3/c1-5-33-23-13-17(12-20(29)27(23)32-4)26-25-19(14-28(2,3)15-22(25)31)24-18-9-7-6-8-16(18)10-11-21(24)30-26/h6-13,26,30H,5,14-15H2,1-4H3/t26-/m0/s1. The summed E-state index contributed by atoms with van der Waals surface area (Å²) in [4.78, 5) is 13.6. The molecular weight excluding hydrogens is 478 g/mol. The maximum atomic E-state index is 13.6. The van der Waals surface area contributed by atoms with E-state index in [1.807, 2.05) is 19.1 Å². The molecule has 2 aliphatic rings. The summed E-state index contributed by atoms with van der Waals surface area (Å²) in [7, 11) is 1.63. The molecule has 0 saturated heterocycles. The molecule has 1 aliphatic heterocycles. The van der Waals surface area contributed by atoms with Crippen molar-refractivity contribution in [2.45, 2.75) is 39.7 Å². The quantitative estimate of drug-likeness (QED) is 0.403. The van der Waals surface area contributed by atoms with Crippen LogP contribution in [-0.4, -0.2) is 19.5 Å². The van der Waals surface area contributed by atoms with Gasteiger partial charge < -0.3 is 14.8 Å². The third-order valence-electron chi connectivity index (χ3n) is 6.61. The van der Waals surface area contributed by atoms with Gasteiger partial charge in [0.05, 0.1) is 24.2 Å². The summed E-state index contributed by atoms with van der Waals surface area (Å²) in [6, 6.07) is 16.5. The fourth-order valence-electron chi connectivity index (χ4n) is 5.30. The first kappa shape index (κ1) is 22.0. The van der Waals surface area contributed by atoms with Crippen LogP contribution in [0.2, 0.25) is 0 Å². The van der Waals surface area contributed by atoms with E-state index in [1.165, 1.54) is 10.8 Å². The number of nitrogens with one attached hydrogen (secondary N) is 1. The van der Waals surface area contributed by atoms with E-state index in [4.69, 9.17) is 9.47 Å². The van der Waals surface area contributed by atoms with Gasteiger partial charge >= 0.3 is 0 Å². The molecule has 0 bridgehead atoms. The van der Waals surface area contributed by atoms with Gasteiger partial charge in [0.1, 0.15) is 0 Å². The lowest BCUT2D eigenvalue weighted by molar-refractivity contribution is -0.118. The lowest BCUT2D eigenvalue weighted by Gasteiger charge is -2.40. The first-order valence-corrected chi connectivity index (χ1v) is 12.2. The van der Waals surface area contributed by atoms with Gasteiger partial charge in [-0.15, -0.1) is 0 Å². The highest BCUT2D eigenvalue weighted by atomic mass is 79.9. The molecule has 5 rings (SSSR count). The summed E-state index contributed by atoms with van der Waals surface area (Å²) in [5.74, 6) is 1.54. The Balaban J connectivity index is 1.76. The molecule has 0 spiro atoms. The average Bonchev–Trinajstić information content (AvgIpc) is 2.77. The Hall–Kier alpha value is -2.79. The Kier molecular flexibility index (Phi) is 5.48. The second-order valence-electron chi connectivity index (χ2n) is 9.59. The van der Waals surface area contributed by atoms with Crippen molar-refractivity contribution in [3.63, 3.8) is 0 Å². The van der Waals surface area contributed by atoms with Gasteiger partial charge in [-0.25, -0.2) is 0 Å². The zero-order valence-electron chi connectivity index (χ0n) is 19.4. The van der Waals surface area contributed by atoms with Crippen LogP contribution in [-0.2, 0) is 4.79 Å². The molecule has 0 radical (unpaired) electrons. The number of methoxy groups -OCH3 is 1. The Bertz CT molecular complexity index is 1310. The third-order valence-corrected chi connectivity index (χ3v) is 7.20. The number of ether oxygens (including phenoxy) is 2. The number of hydrogen-bond acceptors (Lipinski definition) is 4. The highest BCUT2D eigenvalue weighted by Crippen LogP contribution is 2.53. The highest BCUT2D eigenvalue weighted by molar-refractivity contribution is 9.10. The molecule has 1 aliphatic carbocycles. The van der Waals surface area contributed by atoms with Crippen LogP contribution in [0.1, 0.15) is 50.8 Å². The predicted octanol–water partition coefficient (Wildman–Crippen LogP) is 7.32. The molecule has 1 heterocycles. The Labute approximate surface area is 203 Å². The van der Waals surface area contributed by atoms with Gasteiger partial charge in [-0.3, -0.25) is 4.79 Å². The van der Waals surface area contributed by atoms with Crippen molar-refractivity contribution < 1.29 is 14.3 Å². The Morgan fingerprint density at radius 1 is 1.12 bits per heavy atom. The van der Waals surface area contributed by atoms with Crippen molar-refractivity contribution in [2.24, 2.45) is 5.41 Å². The van der Waals surface area contributed by atoms with Crippen LogP contribution >= 0.6 is 15.9 Å². The van der Waals surface area contributed by atoms with Gasteiger partial charge in [-0.1, -0.05) is 44.2 Å². The molecule has 0 fully saturated rings. The van der Waals surface area contributed by atoms with Crippen LogP contribution in [0.4, 0.5) is 5.69 Å². The summed E-state index contributed by atoms with van der Waals surface area (Å²) in [5.41, 5.74) is 5.16. The van der Waals surface area contributed by atoms with Crippen molar-refractivity contribution in [1.29, 1.82) is 0 Å². The maximum absolute atomic E-state index is 13.6. The van der Waals surface area contributed by atoms with Crippen molar-refractivity contribution in [3.8, 4) is 11.5 Å². The smallest absolute Gasteiger partial charge is 0.174 e. The molecule has 1 atom stereocenters. The molecule has 1 N–H and O–H groups in total. The van der Waals surface area contributed by atoms with Crippen LogP contribution in [0.25, 0.3) is 16.3 Å². The lowest BCUT2D eigenvalue weighted by Crippen LogP contribution is -2.33. The van der Waals surface area contributed by atoms with Crippen molar-refractivity contribution >= 4 is 43.7 Å². The average molecular weight is 506 g/mol. The van der Waals surface area contributed by atoms with E-state index >= 15 is 0 Å². The molecule has 4 nitrogen and oxygen atoms in total. The zero-order chi connectivity index (χ0) is 23.3. The number of halogens is 1. The molecule has 0 saturated carbocycles. The maximum Gasteiger partial charge on any atom is 0.174 e. The second-order valence-corrected chi connectivity index (χ2v) is 10.4. The number of fused-ring (bicyclic) bond motifs is 4. The van der Waals surface area contributed by atoms with E-state index in [9.17, 15) is 4.79 Å². The van der Waals surface area contributed by atoms with Gasteiger partial charge in [0.25, 0.3) is 0 Å². The summed E-state index contributed by atoms with van der Waals surface area (Å²) < 4.78 is 12.2.